The Morgan fingerprint density at radius 2 is 2.00 bits per heavy atom. The van der Waals surface area contributed by atoms with Gasteiger partial charge in [0.2, 0.25) is 5.91 Å². The quantitative estimate of drug-likeness (QED) is 0.581. The zero-order chi connectivity index (χ0) is 15.2. The first-order valence-corrected chi connectivity index (χ1v) is 8.00. The fourth-order valence-electron chi connectivity index (χ4n) is 1.55. The molecule has 21 heavy (non-hydrogen) atoms. The van der Waals surface area contributed by atoms with E-state index in [2.05, 4.69) is 32.9 Å². The van der Waals surface area contributed by atoms with E-state index in [4.69, 9.17) is 5.11 Å². The second kappa shape index (κ2) is 7.41. The van der Waals surface area contributed by atoms with Crippen LogP contribution in [0.4, 0.5) is 5.69 Å². The van der Waals surface area contributed by atoms with Crippen LogP contribution in [-0.2, 0) is 4.79 Å². The molecule has 0 bridgehead atoms. The lowest BCUT2D eigenvalue weighted by molar-refractivity contribution is -0.113. The lowest BCUT2D eigenvalue weighted by Crippen LogP contribution is -2.15. The third-order valence-electron chi connectivity index (χ3n) is 2.49. The van der Waals surface area contributed by atoms with Gasteiger partial charge >= 0.3 is 5.97 Å². The first-order chi connectivity index (χ1) is 10.1. The number of nitrogens with zero attached hydrogens (tertiary/aromatic N) is 1. The van der Waals surface area contributed by atoms with E-state index < -0.39 is 5.97 Å². The summed E-state index contributed by atoms with van der Waals surface area (Å²) in [6.07, 6.45) is 1.51. The van der Waals surface area contributed by atoms with E-state index >= 15 is 0 Å². The lowest BCUT2D eigenvalue weighted by atomic mass is 10.3. The van der Waals surface area contributed by atoms with Crippen LogP contribution >= 0.6 is 34.4 Å². The molecule has 7 heteroatoms. The molecule has 108 valence electrons. The van der Waals surface area contributed by atoms with Crippen molar-refractivity contribution in [2.45, 2.75) is 5.03 Å². The number of anilines is 1. The second-order valence-electron chi connectivity index (χ2n) is 3.98. The third kappa shape index (κ3) is 4.43. The molecule has 1 amide bonds. The van der Waals surface area contributed by atoms with Crippen molar-refractivity contribution in [1.29, 1.82) is 0 Å². The predicted octanol–water partition coefficient (Wildman–Crippen LogP) is 3.12. The van der Waals surface area contributed by atoms with Crippen molar-refractivity contribution in [1.82, 2.24) is 4.98 Å². The minimum Gasteiger partial charge on any atom is -0.478 e. The molecule has 2 aromatic rings. The number of halogens is 1. The highest BCUT2D eigenvalue weighted by atomic mass is 127. The van der Waals surface area contributed by atoms with Crippen molar-refractivity contribution >= 4 is 51.9 Å². The Labute approximate surface area is 139 Å². The Morgan fingerprint density at radius 3 is 2.71 bits per heavy atom. The normalized spacial score (nSPS) is 10.1. The Kier molecular flexibility index (Phi) is 5.57. The fourth-order valence-corrected chi connectivity index (χ4v) is 2.86. The minimum atomic E-state index is -1.05. The molecule has 0 atom stereocenters. The maximum atomic E-state index is 11.9. The van der Waals surface area contributed by atoms with Crippen molar-refractivity contribution in [3.8, 4) is 0 Å². The van der Waals surface area contributed by atoms with E-state index in [1.807, 2.05) is 24.3 Å². The molecule has 1 aromatic heterocycles. The number of pyridine rings is 1. The Balaban J connectivity index is 1.99. The van der Waals surface area contributed by atoms with Gasteiger partial charge in [-0.05, 0) is 46.9 Å². The number of carbonyl (C=O) groups is 2. The number of carboxylic acid groups (broad SMARTS) is 1. The van der Waals surface area contributed by atoms with E-state index in [9.17, 15) is 9.59 Å². The van der Waals surface area contributed by atoms with Crippen molar-refractivity contribution in [2.75, 3.05) is 11.1 Å². The molecule has 5 nitrogen and oxygen atoms in total. The summed E-state index contributed by atoms with van der Waals surface area (Å²) in [6.45, 7) is 0. The zero-order valence-electron chi connectivity index (χ0n) is 10.7. The monoisotopic (exact) mass is 414 g/mol. The first-order valence-electron chi connectivity index (χ1n) is 5.93. The van der Waals surface area contributed by atoms with Gasteiger partial charge in [-0.3, -0.25) is 4.79 Å². The number of hydrogen-bond acceptors (Lipinski definition) is 4. The smallest absolute Gasteiger partial charge is 0.338 e. The largest absolute Gasteiger partial charge is 0.478 e. The maximum Gasteiger partial charge on any atom is 0.338 e. The van der Waals surface area contributed by atoms with Crippen LogP contribution in [0.25, 0.3) is 0 Å². The average molecular weight is 414 g/mol. The zero-order valence-corrected chi connectivity index (χ0v) is 13.7. The summed E-state index contributed by atoms with van der Waals surface area (Å²) in [4.78, 5) is 27.0. The molecule has 1 aromatic carbocycles. The van der Waals surface area contributed by atoms with Gasteiger partial charge in [-0.15, -0.1) is 0 Å². The molecule has 2 N–H and O–H groups in total. The van der Waals surface area contributed by atoms with Crippen molar-refractivity contribution in [2.24, 2.45) is 0 Å². The number of benzene rings is 1. The topological polar surface area (TPSA) is 79.3 Å². The van der Waals surface area contributed by atoms with E-state index in [0.717, 1.165) is 21.0 Å². The van der Waals surface area contributed by atoms with E-state index in [1.165, 1.54) is 12.3 Å². The minimum absolute atomic E-state index is 0.0995. The van der Waals surface area contributed by atoms with Gasteiger partial charge in [-0.1, -0.05) is 23.9 Å². The number of nitrogens with one attached hydrogen (secondary N) is 1. The van der Waals surface area contributed by atoms with Gasteiger partial charge in [-0.25, -0.2) is 9.78 Å². The van der Waals surface area contributed by atoms with Crippen LogP contribution in [0.2, 0.25) is 0 Å². The van der Waals surface area contributed by atoms with Crippen LogP contribution in [0.15, 0.2) is 47.6 Å². The number of carboxylic acids is 1. The van der Waals surface area contributed by atoms with Gasteiger partial charge < -0.3 is 10.4 Å². The summed E-state index contributed by atoms with van der Waals surface area (Å²) >= 11 is 3.24. The van der Waals surface area contributed by atoms with Crippen molar-refractivity contribution in [3.63, 3.8) is 0 Å². The number of thioether (sulfide) groups is 1. The lowest BCUT2D eigenvalue weighted by Gasteiger charge is -2.07. The number of rotatable bonds is 5. The van der Waals surface area contributed by atoms with Gasteiger partial charge in [0.1, 0.15) is 5.03 Å². The highest BCUT2D eigenvalue weighted by molar-refractivity contribution is 14.1. The SMILES string of the molecule is O=C(CSc1ncccc1C(=O)O)Nc1ccccc1I. The molecule has 0 spiro atoms. The van der Waals surface area contributed by atoms with Gasteiger partial charge in [0.05, 0.1) is 17.0 Å². The number of aromatic nitrogens is 1. The number of aromatic carboxylic acids is 1. The summed E-state index contributed by atoms with van der Waals surface area (Å²) in [6, 6.07) is 10.5. The van der Waals surface area contributed by atoms with Crippen molar-refractivity contribution < 1.29 is 14.7 Å². The molecule has 2 rings (SSSR count). The maximum absolute atomic E-state index is 11.9. The Bertz CT molecular complexity index is 679. The third-order valence-corrected chi connectivity index (χ3v) is 4.44. The molecule has 0 radical (unpaired) electrons. The molecule has 0 aliphatic rings. The number of para-hydroxylation sites is 1. The predicted molar refractivity (Wildman–Crippen MR) is 89.7 cm³/mol. The number of carbonyl (C=O) groups excluding carboxylic acids is 1. The number of amides is 1. The molecule has 0 unspecified atom stereocenters. The van der Waals surface area contributed by atoms with Crippen LogP contribution < -0.4 is 5.32 Å². The van der Waals surface area contributed by atoms with Crippen LogP contribution in [0.1, 0.15) is 10.4 Å². The molecule has 0 saturated carbocycles. The highest BCUT2D eigenvalue weighted by Gasteiger charge is 2.13. The first kappa shape index (κ1) is 15.8. The summed E-state index contributed by atoms with van der Waals surface area (Å²) in [5.74, 6) is -1.16. The highest BCUT2D eigenvalue weighted by Crippen LogP contribution is 2.21. The average Bonchev–Trinajstić information content (AvgIpc) is 2.48. The summed E-state index contributed by atoms with van der Waals surface area (Å²) in [5.41, 5.74) is 0.841. The fraction of sp³-hybridized carbons (Fsp3) is 0.0714. The molecule has 0 saturated heterocycles. The number of hydrogen-bond donors (Lipinski definition) is 2. The van der Waals surface area contributed by atoms with Crippen LogP contribution in [0.3, 0.4) is 0 Å². The van der Waals surface area contributed by atoms with Crippen LogP contribution in [0.5, 0.6) is 0 Å². The van der Waals surface area contributed by atoms with Gasteiger partial charge in [0, 0.05) is 9.77 Å². The van der Waals surface area contributed by atoms with E-state index in [-0.39, 0.29) is 17.2 Å². The summed E-state index contributed by atoms with van der Waals surface area (Å²) in [5, 5.41) is 12.2. The molecule has 0 fully saturated rings. The molecule has 1 heterocycles. The second-order valence-corrected chi connectivity index (χ2v) is 6.10. The molecule has 0 aliphatic heterocycles. The van der Waals surface area contributed by atoms with E-state index in [0.29, 0.717) is 5.03 Å². The standard InChI is InChI=1S/C14H11IN2O3S/c15-10-5-1-2-6-11(10)17-12(18)8-21-13-9(14(19)20)4-3-7-16-13/h1-7H,8H2,(H,17,18)(H,19,20). The van der Waals surface area contributed by atoms with Crippen LogP contribution in [0, 0.1) is 3.57 Å². The molecular formula is C14H11IN2O3S. The van der Waals surface area contributed by atoms with Gasteiger partial charge in [-0.2, -0.15) is 0 Å². The van der Waals surface area contributed by atoms with Crippen LogP contribution in [-0.4, -0.2) is 27.7 Å². The molecular weight excluding hydrogens is 403 g/mol. The summed E-state index contributed by atoms with van der Waals surface area (Å²) < 4.78 is 0.942. The van der Waals surface area contributed by atoms with Gasteiger partial charge in [0.25, 0.3) is 0 Å². The van der Waals surface area contributed by atoms with Crippen molar-refractivity contribution in [3.05, 3.63) is 51.7 Å². The van der Waals surface area contributed by atoms with E-state index in [1.54, 1.807) is 6.07 Å². The molecule has 0 aliphatic carbocycles. The van der Waals surface area contributed by atoms with Gasteiger partial charge in [0.15, 0.2) is 0 Å². The summed E-state index contributed by atoms with van der Waals surface area (Å²) in [7, 11) is 0. The Morgan fingerprint density at radius 1 is 1.24 bits per heavy atom. The Hall–Kier alpha value is -1.61.